The maximum absolute atomic E-state index is 13.0. The van der Waals surface area contributed by atoms with E-state index in [1.165, 1.54) is 23.5 Å². The van der Waals surface area contributed by atoms with Gasteiger partial charge in [0.2, 0.25) is 0 Å². The minimum atomic E-state index is -0.330. The van der Waals surface area contributed by atoms with Crippen LogP contribution in [0.3, 0.4) is 0 Å². The van der Waals surface area contributed by atoms with Crippen molar-refractivity contribution in [2.45, 2.75) is 6.42 Å². The van der Waals surface area contributed by atoms with Gasteiger partial charge in [-0.25, -0.2) is 9.37 Å². The van der Waals surface area contributed by atoms with Crippen LogP contribution in [-0.4, -0.2) is 10.9 Å². The van der Waals surface area contributed by atoms with Crippen molar-refractivity contribution in [3.8, 4) is 0 Å². The molecule has 5 heteroatoms. The van der Waals surface area contributed by atoms with Crippen molar-refractivity contribution in [1.82, 2.24) is 4.98 Å². The lowest BCUT2D eigenvalue weighted by Crippen LogP contribution is -1.82. The number of thiazole rings is 1. The van der Waals surface area contributed by atoms with E-state index in [0.717, 1.165) is 9.71 Å². The van der Waals surface area contributed by atoms with Crippen molar-refractivity contribution in [3.05, 3.63) is 28.0 Å². The van der Waals surface area contributed by atoms with Crippen LogP contribution in [0.25, 0.3) is 10.2 Å². The molecule has 0 aliphatic heterocycles. The van der Waals surface area contributed by atoms with Crippen LogP contribution in [0.5, 0.6) is 0 Å². The summed E-state index contributed by atoms with van der Waals surface area (Å²) in [4.78, 5) is 4.28. The molecule has 2 aromatic rings. The molecule has 0 unspecified atom stereocenters. The highest BCUT2D eigenvalue weighted by Gasteiger charge is 2.08. The number of fused-ring (bicyclic) bond motifs is 1. The molecule has 1 heterocycles. The summed E-state index contributed by atoms with van der Waals surface area (Å²) in [7, 11) is 0. The summed E-state index contributed by atoms with van der Waals surface area (Å²) < 4.78 is 13.7. The SMILES string of the molecule is Fc1cc(Cl)c2nc(CCCl)sc2c1. The number of aromatic nitrogens is 1. The molecule has 0 aliphatic carbocycles. The van der Waals surface area contributed by atoms with E-state index in [1.54, 1.807) is 0 Å². The number of hydrogen-bond acceptors (Lipinski definition) is 2. The Hall–Kier alpha value is -0.380. The molecule has 0 atom stereocenters. The number of rotatable bonds is 2. The van der Waals surface area contributed by atoms with Crippen molar-refractivity contribution in [1.29, 1.82) is 0 Å². The molecule has 1 nitrogen and oxygen atoms in total. The van der Waals surface area contributed by atoms with Crippen molar-refractivity contribution in [2.75, 3.05) is 5.88 Å². The van der Waals surface area contributed by atoms with Gasteiger partial charge in [-0.1, -0.05) is 11.6 Å². The van der Waals surface area contributed by atoms with E-state index in [9.17, 15) is 4.39 Å². The number of aryl methyl sites for hydroxylation is 1. The second kappa shape index (κ2) is 4.01. The fourth-order valence-corrected chi connectivity index (χ4v) is 2.80. The number of hydrogen-bond donors (Lipinski definition) is 0. The Bertz CT molecular complexity index is 469. The Balaban J connectivity index is 2.58. The first-order valence-corrected chi connectivity index (χ1v) is 5.74. The predicted octanol–water partition coefficient (Wildman–Crippen LogP) is 3.87. The molecule has 1 aromatic carbocycles. The van der Waals surface area contributed by atoms with E-state index in [1.807, 2.05) is 0 Å². The molecule has 0 N–H and O–H groups in total. The summed E-state index contributed by atoms with van der Waals surface area (Å²) in [5, 5.41) is 1.25. The van der Waals surface area contributed by atoms with Crippen molar-refractivity contribution >= 4 is 44.8 Å². The largest absolute Gasteiger partial charge is 0.240 e. The highest BCUT2D eigenvalue weighted by molar-refractivity contribution is 7.18. The molecule has 0 aliphatic rings. The molecule has 74 valence electrons. The Morgan fingerprint density at radius 1 is 1.43 bits per heavy atom. The van der Waals surface area contributed by atoms with E-state index < -0.39 is 0 Å². The zero-order chi connectivity index (χ0) is 10.1. The molecule has 0 amide bonds. The van der Waals surface area contributed by atoms with Crippen LogP contribution in [0.4, 0.5) is 4.39 Å². The van der Waals surface area contributed by atoms with Crippen molar-refractivity contribution in [3.63, 3.8) is 0 Å². The predicted molar refractivity (Wildman–Crippen MR) is 59.0 cm³/mol. The third kappa shape index (κ3) is 1.85. The maximum atomic E-state index is 13.0. The van der Waals surface area contributed by atoms with Crippen LogP contribution >= 0.6 is 34.5 Å². The minimum absolute atomic E-state index is 0.330. The van der Waals surface area contributed by atoms with Crippen LogP contribution in [0, 0.1) is 5.82 Å². The fraction of sp³-hybridized carbons (Fsp3) is 0.222. The van der Waals surface area contributed by atoms with E-state index in [-0.39, 0.29) is 5.82 Å². The van der Waals surface area contributed by atoms with Crippen LogP contribution in [0.1, 0.15) is 5.01 Å². The Kier molecular flexibility index (Phi) is 2.91. The minimum Gasteiger partial charge on any atom is -0.240 e. The summed E-state index contributed by atoms with van der Waals surface area (Å²) in [6.07, 6.45) is 0.693. The van der Waals surface area contributed by atoms with Gasteiger partial charge in [-0.2, -0.15) is 0 Å². The standard InChI is InChI=1S/C9H6Cl2FNS/c10-2-1-8-13-9-6(11)3-5(12)4-7(9)14-8/h3-4H,1-2H2. The van der Waals surface area contributed by atoms with Gasteiger partial charge in [0, 0.05) is 12.3 Å². The summed E-state index contributed by atoms with van der Waals surface area (Å²) >= 11 is 12.9. The highest BCUT2D eigenvalue weighted by atomic mass is 35.5. The molecule has 0 spiro atoms. The second-order valence-electron chi connectivity index (χ2n) is 2.78. The first-order chi connectivity index (χ1) is 6.70. The average molecular weight is 250 g/mol. The number of nitrogens with zero attached hydrogens (tertiary/aromatic N) is 1. The van der Waals surface area contributed by atoms with Gasteiger partial charge in [-0.05, 0) is 12.1 Å². The molecule has 1 aromatic heterocycles. The zero-order valence-electron chi connectivity index (χ0n) is 7.06. The smallest absolute Gasteiger partial charge is 0.126 e. The molecule has 0 fully saturated rings. The molecule has 0 saturated heterocycles. The van der Waals surface area contributed by atoms with Crippen molar-refractivity contribution in [2.24, 2.45) is 0 Å². The fourth-order valence-electron chi connectivity index (χ4n) is 1.19. The zero-order valence-corrected chi connectivity index (χ0v) is 9.39. The van der Waals surface area contributed by atoms with Gasteiger partial charge >= 0.3 is 0 Å². The van der Waals surface area contributed by atoms with Crippen LogP contribution in [-0.2, 0) is 6.42 Å². The number of halogens is 3. The Morgan fingerprint density at radius 2 is 2.21 bits per heavy atom. The summed E-state index contributed by atoms with van der Waals surface area (Å²) in [5.74, 6) is 0.184. The Labute approximate surface area is 94.5 Å². The average Bonchev–Trinajstić information content (AvgIpc) is 2.48. The van der Waals surface area contributed by atoms with Gasteiger partial charge in [0.15, 0.2) is 0 Å². The molecule has 0 radical (unpaired) electrons. The monoisotopic (exact) mass is 249 g/mol. The van der Waals surface area contributed by atoms with E-state index >= 15 is 0 Å². The second-order valence-corrected chi connectivity index (χ2v) is 4.68. The lowest BCUT2D eigenvalue weighted by molar-refractivity contribution is 0.630. The maximum Gasteiger partial charge on any atom is 0.126 e. The van der Waals surface area contributed by atoms with Gasteiger partial charge in [0.1, 0.15) is 11.3 Å². The number of benzene rings is 1. The van der Waals surface area contributed by atoms with Gasteiger partial charge in [-0.3, -0.25) is 0 Å². The van der Waals surface area contributed by atoms with Gasteiger partial charge in [-0.15, -0.1) is 22.9 Å². The van der Waals surface area contributed by atoms with E-state index in [2.05, 4.69) is 4.98 Å². The first-order valence-electron chi connectivity index (χ1n) is 4.01. The van der Waals surface area contributed by atoms with Gasteiger partial charge in [0.05, 0.1) is 14.7 Å². The lowest BCUT2D eigenvalue weighted by Gasteiger charge is -1.91. The van der Waals surface area contributed by atoms with Crippen LogP contribution in [0.15, 0.2) is 12.1 Å². The molecule has 2 rings (SSSR count). The third-order valence-corrected chi connectivity index (χ3v) is 3.31. The molecule has 14 heavy (non-hydrogen) atoms. The Morgan fingerprint density at radius 3 is 2.93 bits per heavy atom. The molecule has 0 bridgehead atoms. The van der Waals surface area contributed by atoms with Gasteiger partial charge < -0.3 is 0 Å². The first kappa shape index (κ1) is 10.1. The van der Waals surface area contributed by atoms with Crippen molar-refractivity contribution < 1.29 is 4.39 Å². The number of alkyl halides is 1. The molecule has 0 saturated carbocycles. The normalized spacial score (nSPS) is 11.1. The molecular formula is C9H6Cl2FNS. The molecular weight excluding hydrogens is 244 g/mol. The highest BCUT2D eigenvalue weighted by Crippen LogP contribution is 2.29. The van der Waals surface area contributed by atoms with Crippen LogP contribution in [0.2, 0.25) is 5.02 Å². The topological polar surface area (TPSA) is 12.9 Å². The van der Waals surface area contributed by atoms with Gasteiger partial charge in [0.25, 0.3) is 0 Å². The summed E-state index contributed by atoms with van der Waals surface area (Å²) in [6, 6.07) is 2.71. The van der Waals surface area contributed by atoms with E-state index in [4.69, 9.17) is 23.2 Å². The van der Waals surface area contributed by atoms with Crippen LogP contribution < -0.4 is 0 Å². The van der Waals surface area contributed by atoms with E-state index in [0.29, 0.717) is 22.8 Å². The lowest BCUT2D eigenvalue weighted by atomic mass is 10.3. The summed E-state index contributed by atoms with van der Waals surface area (Å²) in [5.41, 5.74) is 0.665. The summed E-state index contributed by atoms with van der Waals surface area (Å²) in [6.45, 7) is 0. The third-order valence-electron chi connectivity index (χ3n) is 1.77. The quantitative estimate of drug-likeness (QED) is 0.737.